The molecular formula is C18H22N4O2S. The van der Waals surface area contributed by atoms with Gasteiger partial charge in [-0.25, -0.2) is 0 Å². The first-order valence-electron chi connectivity index (χ1n) is 8.40. The van der Waals surface area contributed by atoms with Crippen LogP contribution in [0.4, 0.5) is 0 Å². The fourth-order valence-corrected chi connectivity index (χ4v) is 4.49. The molecule has 2 aliphatic heterocycles. The molecule has 3 atom stereocenters. The molecule has 1 N–H and O–H groups in total. The Hall–Kier alpha value is -2.04. The van der Waals surface area contributed by atoms with Crippen molar-refractivity contribution in [2.75, 3.05) is 26.4 Å². The molecule has 0 bridgehead atoms. The van der Waals surface area contributed by atoms with Crippen LogP contribution in [0.15, 0.2) is 24.3 Å². The van der Waals surface area contributed by atoms with Crippen LogP contribution in [-0.4, -0.2) is 60.1 Å². The van der Waals surface area contributed by atoms with Crippen molar-refractivity contribution in [3.05, 3.63) is 35.4 Å². The first-order chi connectivity index (χ1) is 12.0. The monoisotopic (exact) mass is 358 g/mol. The highest BCUT2D eigenvalue weighted by Gasteiger charge is 2.37. The van der Waals surface area contributed by atoms with Crippen LogP contribution in [0.5, 0.6) is 0 Å². The molecule has 0 spiro atoms. The minimum Gasteiger partial charge on any atom is -0.345 e. The van der Waals surface area contributed by atoms with E-state index in [-0.39, 0.29) is 29.3 Å². The second-order valence-corrected chi connectivity index (χ2v) is 7.71. The SMILES string of the molecule is CN(C)C(=O)c1cccc(C2N[C@H](C(=O)N3CCC[C@H]3C#N)CS2)c1. The number of nitrogens with zero attached hydrogens (tertiary/aromatic N) is 3. The molecule has 1 unspecified atom stereocenters. The van der Waals surface area contributed by atoms with Gasteiger partial charge in [-0.1, -0.05) is 12.1 Å². The Kier molecular flexibility index (Phi) is 5.30. The van der Waals surface area contributed by atoms with E-state index < -0.39 is 0 Å². The van der Waals surface area contributed by atoms with Gasteiger partial charge in [-0.2, -0.15) is 5.26 Å². The number of hydrogen-bond donors (Lipinski definition) is 1. The van der Waals surface area contributed by atoms with Gasteiger partial charge in [-0.3, -0.25) is 14.9 Å². The molecule has 2 fully saturated rings. The number of likely N-dealkylation sites (tertiary alicyclic amines) is 1. The van der Waals surface area contributed by atoms with Gasteiger partial charge in [0.2, 0.25) is 5.91 Å². The van der Waals surface area contributed by atoms with Gasteiger partial charge >= 0.3 is 0 Å². The largest absolute Gasteiger partial charge is 0.345 e. The van der Waals surface area contributed by atoms with Crippen LogP contribution in [0.2, 0.25) is 0 Å². The third kappa shape index (κ3) is 3.65. The van der Waals surface area contributed by atoms with E-state index in [4.69, 9.17) is 0 Å². The van der Waals surface area contributed by atoms with E-state index in [2.05, 4.69) is 11.4 Å². The Balaban J connectivity index is 1.69. The molecule has 7 heteroatoms. The molecule has 0 radical (unpaired) electrons. The number of hydrogen-bond acceptors (Lipinski definition) is 5. The zero-order valence-corrected chi connectivity index (χ0v) is 15.3. The number of thioether (sulfide) groups is 1. The van der Waals surface area contributed by atoms with Crippen LogP contribution in [-0.2, 0) is 4.79 Å². The molecule has 0 aromatic heterocycles. The molecule has 2 aliphatic rings. The Morgan fingerprint density at radius 2 is 2.20 bits per heavy atom. The van der Waals surface area contributed by atoms with E-state index in [9.17, 15) is 14.9 Å². The zero-order valence-electron chi connectivity index (χ0n) is 14.4. The van der Waals surface area contributed by atoms with Gasteiger partial charge in [-0.15, -0.1) is 11.8 Å². The molecule has 132 valence electrons. The van der Waals surface area contributed by atoms with E-state index in [1.807, 2.05) is 18.2 Å². The summed E-state index contributed by atoms with van der Waals surface area (Å²) in [6.45, 7) is 0.664. The van der Waals surface area contributed by atoms with E-state index in [1.54, 1.807) is 41.7 Å². The van der Waals surface area contributed by atoms with Crippen molar-refractivity contribution in [2.45, 2.75) is 30.3 Å². The van der Waals surface area contributed by atoms with E-state index in [0.29, 0.717) is 17.9 Å². The van der Waals surface area contributed by atoms with Crippen molar-refractivity contribution in [3.8, 4) is 6.07 Å². The minimum absolute atomic E-state index is 0.0135. The highest BCUT2D eigenvalue weighted by Crippen LogP contribution is 2.34. The summed E-state index contributed by atoms with van der Waals surface area (Å²) in [4.78, 5) is 28.1. The summed E-state index contributed by atoms with van der Waals surface area (Å²) in [7, 11) is 3.46. The quantitative estimate of drug-likeness (QED) is 0.888. The number of benzene rings is 1. The van der Waals surface area contributed by atoms with Crippen molar-refractivity contribution in [2.24, 2.45) is 0 Å². The first-order valence-corrected chi connectivity index (χ1v) is 9.45. The lowest BCUT2D eigenvalue weighted by Crippen LogP contribution is -2.46. The molecular weight excluding hydrogens is 336 g/mol. The summed E-state index contributed by atoms with van der Waals surface area (Å²) in [6.07, 6.45) is 1.65. The predicted octanol–water partition coefficient (Wildman–Crippen LogP) is 1.61. The Morgan fingerprint density at radius 3 is 2.92 bits per heavy atom. The average molecular weight is 358 g/mol. The van der Waals surface area contributed by atoms with Gasteiger partial charge in [0, 0.05) is 32.0 Å². The summed E-state index contributed by atoms with van der Waals surface area (Å²) in [5.74, 6) is 0.648. The van der Waals surface area contributed by atoms with Crippen LogP contribution in [0.3, 0.4) is 0 Å². The molecule has 25 heavy (non-hydrogen) atoms. The van der Waals surface area contributed by atoms with Crippen molar-refractivity contribution >= 4 is 23.6 Å². The van der Waals surface area contributed by atoms with Gasteiger partial charge in [0.15, 0.2) is 0 Å². The highest BCUT2D eigenvalue weighted by molar-refractivity contribution is 7.99. The summed E-state index contributed by atoms with van der Waals surface area (Å²) in [5, 5.41) is 12.5. The maximum Gasteiger partial charge on any atom is 0.253 e. The zero-order chi connectivity index (χ0) is 18.0. The average Bonchev–Trinajstić information content (AvgIpc) is 3.29. The van der Waals surface area contributed by atoms with Crippen LogP contribution in [0.25, 0.3) is 0 Å². The highest BCUT2D eigenvalue weighted by atomic mass is 32.2. The molecule has 0 saturated carbocycles. The molecule has 1 aromatic rings. The lowest BCUT2D eigenvalue weighted by atomic mass is 10.1. The van der Waals surface area contributed by atoms with Crippen molar-refractivity contribution in [1.29, 1.82) is 5.26 Å². The molecule has 1 aromatic carbocycles. The molecule has 2 saturated heterocycles. The van der Waals surface area contributed by atoms with Crippen LogP contribution < -0.4 is 5.32 Å². The minimum atomic E-state index is -0.292. The number of carbonyl (C=O) groups excluding carboxylic acids is 2. The Labute approximate surface area is 152 Å². The standard InChI is InChI=1S/C18H22N4O2S/c1-21(2)17(23)13-6-3-5-12(9-13)16-20-15(11-25-16)18(24)22-8-4-7-14(22)10-19/h3,5-6,9,14-16,20H,4,7-8,11H2,1-2H3/t14-,15-,16?/m0/s1. The lowest BCUT2D eigenvalue weighted by molar-refractivity contribution is -0.132. The summed E-state index contributed by atoms with van der Waals surface area (Å²) in [5.41, 5.74) is 1.63. The van der Waals surface area contributed by atoms with Crippen LogP contribution >= 0.6 is 11.8 Å². The fourth-order valence-electron chi connectivity index (χ4n) is 3.26. The molecule has 0 aliphatic carbocycles. The third-order valence-corrected chi connectivity index (χ3v) is 5.87. The number of amides is 2. The molecule has 2 heterocycles. The Bertz CT molecular complexity index is 715. The van der Waals surface area contributed by atoms with Crippen LogP contribution in [0.1, 0.15) is 34.1 Å². The molecule has 6 nitrogen and oxygen atoms in total. The van der Waals surface area contributed by atoms with E-state index >= 15 is 0 Å². The number of carbonyl (C=O) groups is 2. The molecule has 3 rings (SSSR count). The normalized spacial score (nSPS) is 25.6. The lowest BCUT2D eigenvalue weighted by Gasteiger charge is -2.23. The maximum atomic E-state index is 12.7. The van der Waals surface area contributed by atoms with E-state index in [1.165, 1.54) is 0 Å². The smallest absolute Gasteiger partial charge is 0.253 e. The van der Waals surface area contributed by atoms with Gasteiger partial charge in [0.1, 0.15) is 6.04 Å². The maximum absolute atomic E-state index is 12.7. The third-order valence-electron chi connectivity index (χ3n) is 4.61. The summed E-state index contributed by atoms with van der Waals surface area (Å²) < 4.78 is 0. The van der Waals surface area contributed by atoms with E-state index in [0.717, 1.165) is 18.4 Å². The fraction of sp³-hybridized carbons (Fsp3) is 0.500. The summed E-state index contributed by atoms with van der Waals surface area (Å²) >= 11 is 1.66. The van der Waals surface area contributed by atoms with Gasteiger partial charge < -0.3 is 9.80 Å². The van der Waals surface area contributed by atoms with Gasteiger partial charge in [0.05, 0.1) is 17.5 Å². The number of nitriles is 1. The van der Waals surface area contributed by atoms with Gasteiger partial charge in [-0.05, 0) is 30.5 Å². The topological polar surface area (TPSA) is 76.4 Å². The van der Waals surface area contributed by atoms with Crippen molar-refractivity contribution in [3.63, 3.8) is 0 Å². The van der Waals surface area contributed by atoms with Crippen molar-refractivity contribution in [1.82, 2.24) is 15.1 Å². The molecule has 2 amide bonds. The number of nitrogens with one attached hydrogen (secondary N) is 1. The predicted molar refractivity (Wildman–Crippen MR) is 96.9 cm³/mol. The number of rotatable bonds is 3. The second kappa shape index (κ2) is 7.46. The van der Waals surface area contributed by atoms with Gasteiger partial charge in [0.25, 0.3) is 5.91 Å². The summed E-state index contributed by atoms with van der Waals surface area (Å²) in [6, 6.07) is 9.17. The first kappa shape index (κ1) is 17.8. The second-order valence-electron chi connectivity index (χ2n) is 6.58. The van der Waals surface area contributed by atoms with Crippen LogP contribution in [0, 0.1) is 11.3 Å². The van der Waals surface area contributed by atoms with Crippen molar-refractivity contribution < 1.29 is 9.59 Å². The Morgan fingerprint density at radius 1 is 1.40 bits per heavy atom.